The molecule has 0 heterocycles. The zero-order chi connectivity index (χ0) is 13.0. The molecule has 2 aromatic rings. The summed E-state index contributed by atoms with van der Waals surface area (Å²) in [6.45, 7) is 3.70. The zero-order valence-electron chi connectivity index (χ0n) is 10.9. The second-order valence-electron chi connectivity index (χ2n) is 4.92. The van der Waals surface area contributed by atoms with Crippen molar-refractivity contribution in [3.05, 3.63) is 71.8 Å². The molecule has 2 rings (SSSR count). The second-order valence-corrected chi connectivity index (χ2v) is 4.92. The number of benzene rings is 2. The largest absolute Gasteiger partial charge is 0.299 e. The van der Waals surface area contributed by atoms with E-state index in [-0.39, 0.29) is 5.78 Å². The van der Waals surface area contributed by atoms with Crippen molar-refractivity contribution in [3.63, 3.8) is 0 Å². The van der Waals surface area contributed by atoms with Gasteiger partial charge in [0.1, 0.15) is 5.78 Å². The highest BCUT2D eigenvalue weighted by Gasteiger charge is 2.31. The molecule has 0 aromatic heterocycles. The van der Waals surface area contributed by atoms with E-state index in [4.69, 9.17) is 0 Å². The van der Waals surface area contributed by atoms with Crippen molar-refractivity contribution in [2.24, 2.45) is 0 Å². The molecule has 18 heavy (non-hydrogen) atoms. The van der Waals surface area contributed by atoms with Gasteiger partial charge in [0.05, 0.1) is 5.41 Å². The van der Waals surface area contributed by atoms with E-state index in [2.05, 4.69) is 12.1 Å². The summed E-state index contributed by atoms with van der Waals surface area (Å²) in [5.41, 5.74) is 1.84. The maximum atomic E-state index is 12.1. The second kappa shape index (κ2) is 5.18. The standard InChI is InChI=1S/C17H18O/c1-14(18)17(2,16-11-7-4-8-12-16)13-15-9-5-3-6-10-15/h3-12H,13H2,1-2H3. The molecule has 1 atom stereocenters. The van der Waals surface area contributed by atoms with Crippen LogP contribution in [0.1, 0.15) is 25.0 Å². The Labute approximate surface area is 108 Å². The summed E-state index contributed by atoms with van der Waals surface area (Å²) in [6, 6.07) is 20.2. The fourth-order valence-electron chi connectivity index (χ4n) is 2.24. The number of carbonyl (C=O) groups is 1. The predicted octanol–water partition coefficient (Wildman–Crippen LogP) is 3.78. The molecular formula is C17H18O. The SMILES string of the molecule is CC(=O)C(C)(Cc1ccccc1)c1ccccc1. The van der Waals surface area contributed by atoms with E-state index in [9.17, 15) is 4.79 Å². The quantitative estimate of drug-likeness (QED) is 0.792. The third-order valence-corrected chi connectivity index (χ3v) is 3.59. The van der Waals surface area contributed by atoms with Gasteiger partial charge in [-0.1, -0.05) is 60.7 Å². The van der Waals surface area contributed by atoms with Crippen LogP contribution in [0.25, 0.3) is 0 Å². The lowest BCUT2D eigenvalue weighted by atomic mass is 9.74. The van der Waals surface area contributed by atoms with Crippen molar-refractivity contribution in [2.75, 3.05) is 0 Å². The molecule has 1 unspecified atom stereocenters. The maximum Gasteiger partial charge on any atom is 0.140 e. The highest BCUT2D eigenvalue weighted by atomic mass is 16.1. The Balaban J connectivity index is 2.37. The van der Waals surface area contributed by atoms with Gasteiger partial charge in [-0.15, -0.1) is 0 Å². The van der Waals surface area contributed by atoms with Crippen LogP contribution in [0, 0.1) is 0 Å². The highest BCUT2D eigenvalue weighted by Crippen LogP contribution is 2.29. The molecular weight excluding hydrogens is 220 g/mol. The highest BCUT2D eigenvalue weighted by molar-refractivity contribution is 5.87. The topological polar surface area (TPSA) is 17.1 Å². The summed E-state index contributed by atoms with van der Waals surface area (Å²) in [5.74, 6) is 0.206. The van der Waals surface area contributed by atoms with Gasteiger partial charge < -0.3 is 0 Å². The lowest BCUT2D eigenvalue weighted by Crippen LogP contribution is -2.33. The normalized spacial score (nSPS) is 13.9. The molecule has 1 nitrogen and oxygen atoms in total. The predicted molar refractivity (Wildman–Crippen MR) is 74.6 cm³/mol. The van der Waals surface area contributed by atoms with Gasteiger partial charge in [-0.3, -0.25) is 4.79 Å². The molecule has 0 bridgehead atoms. The maximum absolute atomic E-state index is 12.1. The minimum Gasteiger partial charge on any atom is -0.299 e. The minimum atomic E-state index is -0.442. The molecule has 0 aliphatic carbocycles. The van der Waals surface area contributed by atoms with E-state index in [1.54, 1.807) is 6.92 Å². The van der Waals surface area contributed by atoms with Crippen molar-refractivity contribution in [3.8, 4) is 0 Å². The van der Waals surface area contributed by atoms with Crippen molar-refractivity contribution in [1.29, 1.82) is 0 Å². The molecule has 1 heteroatoms. The number of hydrogen-bond donors (Lipinski definition) is 0. The van der Waals surface area contributed by atoms with Gasteiger partial charge in [-0.05, 0) is 31.4 Å². The van der Waals surface area contributed by atoms with E-state index < -0.39 is 5.41 Å². The molecule has 0 spiro atoms. The number of hydrogen-bond acceptors (Lipinski definition) is 1. The third-order valence-electron chi connectivity index (χ3n) is 3.59. The molecule has 0 saturated carbocycles. The molecule has 2 aromatic carbocycles. The summed E-state index contributed by atoms with van der Waals surface area (Å²) >= 11 is 0. The van der Waals surface area contributed by atoms with Crippen LogP contribution in [0.5, 0.6) is 0 Å². The smallest absolute Gasteiger partial charge is 0.140 e. The van der Waals surface area contributed by atoms with E-state index in [0.29, 0.717) is 0 Å². The molecule has 0 amide bonds. The van der Waals surface area contributed by atoms with E-state index >= 15 is 0 Å². The van der Waals surface area contributed by atoms with Gasteiger partial charge in [-0.2, -0.15) is 0 Å². The van der Waals surface area contributed by atoms with Crippen LogP contribution in [0.15, 0.2) is 60.7 Å². The van der Waals surface area contributed by atoms with Crippen LogP contribution in [0.4, 0.5) is 0 Å². The molecule has 0 N–H and O–H groups in total. The summed E-state index contributed by atoms with van der Waals surface area (Å²) in [7, 11) is 0. The Morgan fingerprint density at radius 2 is 1.44 bits per heavy atom. The number of carbonyl (C=O) groups excluding carboxylic acids is 1. The van der Waals surface area contributed by atoms with Gasteiger partial charge in [0.25, 0.3) is 0 Å². The average molecular weight is 238 g/mol. The minimum absolute atomic E-state index is 0.206. The van der Waals surface area contributed by atoms with Crippen LogP contribution in [0.2, 0.25) is 0 Å². The molecule has 0 aliphatic heterocycles. The first-order valence-electron chi connectivity index (χ1n) is 6.23. The zero-order valence-corrected chi connectivity index (χ0v) is 10.9. The molecule has 0 fully saturated rings. The number of rotatable bonds is 4. The Morgan fingerprint density at radius 1 is 0.944 bits per heavy atom. The van der Waals surface area contributed by atoms with Crippen molar-refractivity contribution in [1.82, 2.24) is 0 Å². The first-order chi connectivity index (χ1) is 8.63. The van der Waals surface area contributed by atoms with E-state index in [1.165, 1.54) is 5.56 Å². The number of Topliss-reactive ketones (excluding diaryl/α,β-unsaturated/α-hetero) is 1. The van der Waals surface area contributed by atoms with Crippen LogP contribution in [-0.2, 0) is 16.6 Å². The fourth-order valence-corrected chi connectivity index (χ4v) is 2.24. The Kier molecular flexibility index (Phi) is 3.61. The van der Waals surface area contributed by atoms with Gasteiger partial charge >= 0.3 is 0 Å². The molecule has 0 saturated heterocycles. The fraction of sp³-hybridized carbons (Fsp3) is 0.235. The molecule has 92 valence electrons. The van der Waals surface area contributed by atoms with E-state index in [1.807, 2.05) is 55.5 Å². The summed E-state index contributed by atoms with van der Waals surface area (Å²) in [6.07, 6.45) is 0.743. The van der Waals surface area contributed by atoms with Crippen molar-refractivity contribution >= 4 is 5.78 Å². The van der Waals surface area contributed by atoms with Crippen LogP contribution >= 0.6 is 0 Å². The van der Waals surface area contributed by atoms with Gasteiger partial charge in [0, 0.05) is 0 Å². The number of ketones is 1. The van der Waals surface area contributed by atoms with Crippen molar-refractivity contribution in [2.45, 2.75) is 25.7 Å². The van der Waals surface area contributed by atoms with Crippen LogP contribution in [-0.4, -0.2) is 5.78 Å². The Hall–Kier alpha value is -1.89. The Bertz CT molecular complexity index is 516. The summed E-state index contributed by atoms with van der Waals surface area (Å²) in [4.78, 5) is 12.1. The average Bonchev–Trinajstić information content (AvgIpc) is 2.40. The molecule has 0 radical (unpaired) electrons. The van der Waals surface area contributed by atoms with Crippen molar-refractivity contribution < 1.29 is 4.79 Å². The first kappa shape index (κ1) is 12.6. The monoisotopic (exact) mass is 238 g/mol. The third kappa shape index (κ3) is 2.51. The van der Waals surface area contributed by atoms with E-state index in [0.717, 1.165) is 12.0 Å². The van der Waals surface area contributed by atoms with Gasteiger partial charge in [-0.25, -0.2) is 0 Å². The Morgan fingerprint density at radius 3 is 1.94 bits per heavy atom. The van der Waals surface area contributed by atoms with Crippen LogP contribution < -0.4 is 0 Å². The van der Waals surface area contributed by atoms with Crippen LogP contribution in [0.3, 0.4) is 0 Å². The van der Waals surface area contributed by atoms with Gasteiger partial charge in [0.2, 0.25) is 0 Å². The lowest BCUT2D eigenvalue weighted by Gasteiger charge is -2.27. The lowest BCUT2D eigenvalue weighted by molar-refractivity contribution is -0.121. The molecule has 0 aliphatic rings. The summed E-state index contributed by atoms with van der Waals surface area (Å²) in [5, 5.41) is 0. The summed E-state index contributed by atoms with van der Waals surface area (Å²) < 4.78 is 0. The first-order valence-corrected chi connectivity index (χ1v) is 6.23. The van der Waals surface area contributed by atoms with Gasteiger partial charge in [0.15, 0.2) is 0 Å².